The van der Waals surface area contributed by atoms with Crippen molar-refractivity contribution in [3.63, 3.8) is 0 Å². The number of morpholine rings is 1. The topological polar surface area (TPSA) is 88.3 Å². The summed E-state index contributed by atoms with van der Waals surface area (Å²) in [5, 5.41) is 6.95. The van der Waals surface area contributed by atoms with E-state index in [4.69, 9.17) is 4.74 Å². The molecule has 3 saturated heterocycles. The first-order chi connectivity index (χ1) is 13.7. The molecule has 1 atom stereocenters. The zero-order valence-electron chi connectivity index (χ0n) is 18.0. The van der Waals surface area contributed by atoms with E-state index in [0.717, 1.165) is 78.0 Å². The van der Waals surface area contributed by atoms with Gasteiger partial charge in [0.2, 0.25) is 0 Å². The summed E-state index contributed by atoms with van der Waals surface area (Å²) in [6.45, 7) is 8.37. The van der Waals surface area contributed by atoms with Crippen molar-refractivity contribution in [2.75, 3.05) is 45.9 Å². The Morgan fingerprint density at radius 3 is 2.37 bits per heavy atom. The van der Waals surface area contributed by atoms with E-state index in [-0.39, 0.29) is 35.2 Å². The molecule has 3 fully saturated rings. The minimum atomic E-state index is -0.297. The molecule has 8 heteroatoms. The van der Waals surface area contributed by atoms with E-state index in [1.54, 1.807) is 0 Å². The summed E-state index contributed by atoms with van der Waals surface area (Å²) in [5.41, 5.74) is 0.713. The van der Waals surface area contributed by atoms with Crippen molar-refractivity contribution in [2.24, 2.45) is 0 Å². The summed E-state index contributed by atoms with van der Waals surface area (Å²) in [5.74, 6) is 0. The Morgan fingerprint density at radius 1 is 1.13 bits per heavy atom. The number of hydrogen-bond donors (Lipinski definition) is 2. The van der Waals surface area contributed by atoms with Gasteiger partial charge in [-0.25, -0.2) is 4.79 Å². The van der Waals surface area contributed by atoms with Crippen LogP contribution in [0.3, 0.4) is 0 Å². The molecule has 3 aliphatic heterocycles. The second-order valence-corrected chi connectivity index (χ2v) is 8.38. The molecule has 1 aromatic rings. The van der Waals surface area contributed by atoms with E-state index >= 15 is 0 Å². The second kappa shape index (κ2) is 10.8. The van der Waals surface area contributed by atoms with Crippen molar-refractivity contribution >= 4 is 18.4 Å². The number of nitrogens with one attached hydrogen (secondary N) is 2. The molecule has 0 radical (unpaired) electrons. The largest absolute Gasteiger partial charge is 0.412 e. The molecule has 0 spiro atoms. The third kappa shape index (κ3) is 4.92. The van der Waals surface area contributed by atoms with Gasteiger partial charge in [0.15, 0.2) is 0 Å². The van der Waals surface area contributed by atoms with Crippen LogP contribution >= 0.6 is 12.4 Å². The number of piperidine rings is 1. The fourth-order valence-electron chi connectivity index (χ4n) is 5.04. The van der Waals surface area contributed by atoms with E-state index in [0.29, 0.717) is 0 Å². The predicted octanol–water partition coefficient (Wildman–Crippen LogP) is 2.11. The Labute approximate surface area is 186 Å². The van der Waals surface area contributed by atoms with Crippen LogP contribution in [-0.4, -0.2) is 72.9 Å². The molecule has 2 amide bonds. The van der Waals surface area contributed by atoms with Crippen LogP contribution in [0.15, 0.2) is 30.3 Å². The Balaban J connectivity index is 0.00000160. The van der Waals surface area contributed by atoms with Crippen molar-refractivity contribution < 1.29 is 15.0 Å². The lowest BCUT2D eigenvalue weighted by molar-refractivity contribution is -0.181. The molecule has 1 aromatic carbocycles. The van der Waals surface area contributed by atoms with Crippen molar-refractivity contribution in [3.05, 3.63) is 35.9 Å². The molecule has 0 aromatic heterocycles. The van der Waals surface area contributed by atoms with Gasteiger partial charge in [-0.05, 0) is 37.7 Å². The number of rotatable bonds is 4. The Morgan fingerprint density at radius 2 is 1.80 bits per heavy atom. The highest BCUT2D eigenvalue weighted by atomic mass is 35.5. The van der Waals surface area contributed by atoms with Crippen LogP contribution in [0.4, 0.5) is 4.79 Å². The summed E-state index contributed by atoms with van der Waals surface area (Å²) in [6.07, 6.45) is 5.01. The van der Waals surface area contributed by atoms with E-state index in [2.05, 4.69) is 46.7 Å². The standard InChI is InChI=1S/C22H34N4O2.ClH.H2O/c1-2-22(18-23-12-17-28-22)26-15-10-21(11-16-26,19-8-4-3-5-9-19)24-20(27)25-13-6-7-14-25;;/h3-5,8-9,23H,2,6-7,10-18H2,1H3,(H,24,27);1H;1H2. The van der Waals surface area contributed by atoms with Crippen molar-refractivity contribution in [2.45, 2.75) is 50.3 Å². The minimum Gasteiger partial charge on any atom is -0.412 e. The van der Waals surface area contributed by atoms with Crippen LogP contribution in [-0.2, 0) is 10.3 Å². The van der Waals surface area contributed by atoms with Crippen LogP contribution < -0.4 is 10.6 Å². The van der Waals surface area contributed by atoms with Gasteiger partial charge < -0.3 is 25.7 Å². The van der Waals surface area contributed by atoms with Gasteiger partial charge in [0.05, 0.1) is 12.1 Å². The summed E-state index contributed by atoms with van der Waals surface area (Å²) < 4.78 is 6.26. The van der Waals surface area contributed by atoms with E-state index in [9.17, 15) is 4.79 Å². The first kappa shape index (κ1) is 24.9. The normalized spacial score (nSPS) is 26.4. The molecule has 0 saturated carbocycles. The van der Waals surface area contributed by atoms with Crippen molar-refractivity contribution in [1.29, 1.82) is 0 Å². The molecule has 170 valence electrons. The molecule has 4 rings (SSSR count). The third-order valence-electron chi connectivity index (χ3n) is 6.86. The Hall–Kier alpha value is -1.38. The van der Waals surface area contributed by atoms with E-state index < -0.39 is 0 Å². The van der Waals surface area contributed by atoms with Gasteiger partial charge >= 0.3 is 6.03 Å². The maximum absolute atomic E-state index is 13.0. The average molecular weight is 441 g/mol. The summed E-state index contributed by atoms with van der Waals surface area (Å²) in [4.78, 5) is 17.4. The average Bonchev–Trinajstić information content (AvgIpc) is 3.30. The number of carbonyl (C=O) groups excluding carboxylic acids is 1. The Kier molecular flexibility index (Phi) is 8.94. The number of benzene rings is 1. The number of urea groups is 1. The summed E-state index contributed by atoms with van der Waals surface area (Å²) in [6, 6.07) is 10.6. The highest BCUT2D eigenvalue weighted by Gasteiger charge is 2.45. The molecule has 3 aliphatic rings. The maximum atomic E-state index is 13.0. The van der Waals surface area contributed by atoms with Crippen molar-refractivity contribution in [3.8, 4) is 0 Å². The van der Waals surface area contributed by atoms with Gasteiger partial charge in [-0.15, -0.1) is 12.4 Å². The van der Waals surface area contributed by atoms with Gasteiger partial charge in [0.1, 0.15) is 5.72 Å². The highest BCUT2D eigenvalue weighted by Crippen LogP contribution is 2.37. The highest BCUT2D eigenvalue weighted by molar-refractivity contribution is 5.85. The molecule has 3 heterocycles. The lowest BCUT2D eigenvalue weighted by Gasteiger charge is -2.51. The summed E-state index contributed by atoms with van der Waals surface area (Å²) >= 11 is 0. The van der Waals surface area contributed by atoms with E-state index in [1.165, 1.54) is 5.56 Å². The van der Waals surface area contributed by atoms with Crippen LogP contribution in [0.2, 0.25) is 0 Å². The number of ether oxygens (including phenoxy) is 1. The molecule has 7 nitrogen and oxygen atoms in total. The van der Waals surface area contributed by atoms with Crippen molar-refractivity contribution in [1.82, 2.24) is 20.4 Å². The van der Waals surface area contributed by atoms with Gasteiger partial charge in [-0.3, -0.25) is 4.90 Å². The number of carbonyl (C=O) groups is 1. The molecule has 1 unspecified atom stereocenters. The molecule has 4 N–H and O–H groups in total. The number of likely N-dealkylation sites (tertiary alicyclic amines) is 2. The number of amides is 2. The smallest absolute Gasteiger partial charge is 0.318 e. The predicted molar refractivity (Wildman–Crippen MR) is 121 cm³/mol. The Bertz CT molecular complexity index is 656. The van der Waals surface area contributed by atoms with Crippen LogP contribution in [0.25, 0.3) is 0 Å². The van der Waals surface area contributed by atoms with Crippen LogP contribution in [0.1, 0.15) is 44.6 Å². The second-order valence-electron chi connectivity index (χ2n) is 8.38. The minimum absolute atomic E-state index is 0. The number of halogens is 1. The molecular formula is C22H37ClN4O3. The maximum Gasteiger partial charge on any atom is 0.318 e. The first-order valence-electron chi connectivity index (χ1n) is 10.9. The lowest BCUT2D eigenvalue weighted by Crippen LogP contribution is -2.65. The number of nitrogens with zero attached hydrogens (tertiary/aromatic N) is 2. The number of hydrogen-bond acceptors (Lipinski definition) is 4. The van der Waals surface area contributed by atoms with Crippen LogP contribution in [0.5, 0.6) is 0 Å². The zero-order chi connectivity index (χ0) is 19.5. The fraction of sp³-hybridized carbons (Fsp3) is 0.682. The fourth-order valence-corrected chi connectivity index (χ4v) is 5.04. The monoisotopic (exact) mass is 440 g/mol. The zero-order valence-corrected chi connectivity index (χ0v) is 18.8. The molecule has 30 heavy (non-hydrogen) atoms. The SMILES string of the molecule is CCC1(N2CCC(NC(=O)N3CCCC3)(c3ccccc3)CC2)CNCCO1.Cl.O. The summed E-state index contributed by atoms with van der Waals surface area (Å²) in [7, 11) is 0. The molecule has 0 bridgehead atoms. The quantitative estimate of drug-likeness (QED) is 0.750. The van der Waals surface area contributed by atoms with Gasteiger partial charge in [-0.1, -0.05) is 37.3 Å². The van der Waals surface area contributed by atoms with Gasteiger partial charge in [0.25, 0.3) is 0 Å². The molecule has 0 aliphatic carbocycles. The van der Waals surface area contributed by atoms with Crippen LogP contribution in [0, 0.1) is 0 Å². The molecular weight excluding hydrogens is 404 g/mol. The third-order valence-corrected chi connectivity index (χ3v) is 6.86. The first-order valence-corrected chi connectivity index (χ1v) is 10.9. The lowest BCUT2D eigenvalue weighted by atomic mass is 9.80. The van der Waals surface area contributed by atoms with Gasteiger partial charge in [-0.2, -0.15) is 0 Å². The van der Waals surface area contributed by atoms with Gasteiger partial charge in [0, 0.05) is 39.3 Å². The van der Waals surface area contributed by atoms with E-state index in [1.807, 2.05) is 11.0 Å².